The Morgan fingerprint density at radius 2 is 1.63 bits per heavy atom. The highest BCUT2D eigenvalue weighted by Gasteiger charge is 2.15. The molecule has 0 bridgehead atoms. The van der Waals surface area contributed by atoms with Gasteiger partial charge in [0.2, 0.25) is 5.75 Å². The summed E-state index contributed by atoms with van der Waals surface area (Å²) < 4.78 is 22.4. The zero-order chi connectivity index (χ0) is 20.9. The molecule has 1 aromatic heterocycles. The number of pyridine rings is 1. The summed E-state index contributed by atoms with van der Waals surface area (Å²) in [6, 6.07) is 11.8. The number of methoxy groups -OCH3 is 3. The van der Waals surface area contributed by atoms with Crippen LogP contribution in [0.1, 0.15) is 12.8 Å². The van der Waals surface area contributed by atoms with E-state index in [1.165, 1.54) is 0 Å². The Bertz CT molecular complexity index is 993. The van der Waals surface area contributed by atoms with Gasteiger partial charge in [0.1, 0.15) is 17.7 Å². The van der Waals surface area contributed by atoms with Crippen molar-refractivity contribution in [2.45, 2.75) is 18.9 Å². The summed E-state index contributed by atoms with van der Waals surface area (Å²) in [7, 11) is 4.78. The fraction of sp³-hybridized carbons (Fsp3) is 0.348. The lowest BCUT2D eigenvalue weighted by molar-refractivity contribution is 0.162. The Morgan fingerprint density at radius 3 is 2.30 bits per heavy atom. The van der Waals surface area contributed by atoms with Crippen molar-refractivity contribution in [2.75, 3.05) is 39.7 Å². The maximum atomic E-state index is 6.18. The zero-order valence-corrected chi connectivity index (χ0v) is 17.5. The molecule has 7 heteroatoms. The van der Waals surface area contributed by atoms with Crippen LogP contribution in [0.15, 0.2) is 42.6 Å². The molecule has 0 radical (unpaired) electrons. The molecule has 0 aliphatic carbocycles. The first-order valence-corrected chi connectivity index (χ1v) is 10.0. The van der Waals surface area contributed by atoms with Crippen LogP contribution in [0.5, 0.6) is 23.0 Å². The third kappa shape index (κ3) is 4.36. The third-order valence-electron chi connectivity index (χ3n) is 5.22. The maximum Gasteiger partial charge on any atom is 0.203 e. The predicted octanol–water partition coefficient (Wildman–Crippen LogP) is 4.14. The van der Waals surface area contributed by atoms with Crippen LogP contribution in [0.4, 0.5) is 11.5 Å². The minimum atomic E-state index is 0.266. The fourth-order valence-electron chi connectivity index (χ4n) is 3.67. The van der Waals surface area contributed by atoms with Gasteiger partial charge in [-0.15, -0.1) is 0 Å². The van der Waals surface area contributed by atoms with Crippen molar-refractivity contribution in [3.63, 3.8) is 0 Å². The number of hydrogen-bond acceptors (Lipinski definition) is 7. The molecule has 30 heavy (non-hydrogen) atoms. The van der Waals surface area contributed by atoms with Gasteiger partial charge >= 0.3 is 0 Å². The SMILES string of the molecule is COc1cc(Nc2cc3cc(OC4CCNCC4)ccc3cn2)cc(OC)c1OC. The van der Waals surface area contributed by atoms with Crippen molar-refractivity contribution in [3.8, 4) is 23.0 Å². The van der Waals surface area contributed by atoms with E-state index in [1.807, 2.05) is 36.5 Å². The Balaban J connectivity index is 1.58. The van der Waals surface area contributed by atoms with E-state index < -0.39 is 0 Å². The van der Waals surface area contributed by atoms with Crippen LogP contribution in [0.2, 0.25) is 0 Å². The molecule has 2 heterocycles. The van der Waals surface area contributed by atoms with Crippen molar-refractivity contribution in [3.05, 3.63) is 42.6 Å². The summed E-state index contributed by atoms with van der Waals surface area (Å²) in [6.07, 6.45) is 4.18. The van der Waals surface area contributed by atoms with Crippen molar-refractivity contribution in [2.24, 2.45) is 0 Å². The Hall–Kier alpha value is -3.19. The molecular weight excluding hydrogens is 382 g/mol. The van der Waals surface area contributed by atoms with Gasteiger partial charge < -0.3 is 29.6 Å². The van der Waals surface area contributed by atoms with Crippen LogP contribution < -0.4 is 29.6 Å². The van der Waals surface area contributed by atoms with E-state index in [-0.39, 0.29) is 6.10 Å². The Kier molecular flexibility index (Phi) is 6.09. The first-order valence-electron chi connectivity index (χ1n) is 10.0. The van der Waals surface area contributed by atoms with E-state index >= 15 is 0 Å². The summed E-state index contributed by atoms with van der Waals surface area (Å²) in [5, 5.41) is 8.80. The predicted molar refractivity (Wildman–Crippen MR) is 118 cm³/mol. The molecule has 3 aromatic rings. The fourth-order valence-corrected chi connectivity index (χ4v) is 3.67. The highest BCUT2D eigenvalue weighted by Crippen LogP contribution is 2.40. The number of hydrogen-bond donors (Lipinski definition) is 2. The van der Waals surface area contributed by atoms with Crippen molar-refractivity contribution in [1.29, 1.82) is 0 Å². The summed E-state index contributed by atoms with van der Waals surface area (Å²) in [4.78, 5) is 4.53. The van der Waals surface area contributed by atoms with Gasteiger partial charge in [-0.25, -0.2) is 4.98 Å². The van der Waals surface area contributed by atoms with Gasteiger partial charge in [-0.1, -0.05) is 0 Å². The second-order valence-electron chi connectivity index (χ2n) is 7.18. The Labute approximate surface area is 176 Å². The van der Waals surface area contributed by atoms with E-state index in [9.17, 15) is 0 Å². The molecule has 0 atom stereocenters. The number of benzene rings is 2. The third-order valence-corrected chi connectivity index (χ3v) is 5.22. The van der Waals surface area contributed by atoms with Crippen LogP contribution in [0.3, 0.4) is 0 Å². The molecule has 7 nitrogen and oxygen atoms in total. The molecule has 4 rings (SSSR count). The first kappa shape index (κ1) is 20.1. The van der Waals surface area contributed by atoms with Gasteiger partial charge in [0, 0.05) is 29.4 Å². The molecule has 1 aliphatic rings. The number of ether oxygens (including phenoxy) is 4. The number of aromatic nitrogens is 1. The normalized spacial score (nSPS) is 14.4. The topological polar surface area (TPSA) is 73.9 Å². The molecule has 1 aliphatic heterocycles. The number of piperidine rings is 1. The summed E-state index contributed by atoms with van der Waals surface area (Å²) >= 11 is 0. The standard InChI is InChI=1S/C23H27N3O4/c1-27-20-12-17(13-21(28-2)23(20)29-3)26-22-11-16-10-19(5-4-15(16)14-25-22)30-18-6-8-24-9-7-18/h4-5,10-14,18,24H,6-9H2,1-3H3,(H,25,26). The lowest BCUT2D eigenvalue weighted by atomic mass is 10.1. The zero-order valence-electron chi connectivity index (χ0n) is 17.5. The average molecular weight is 409 g/mol. The molecular formula is C23H27N3O4. The molecule has 1 fully saturated rings. The van der Waals surface area contributed by atoms with Crippen LogP contribution in [-0.2, 0) is 0 Å². The van der Waals surface area contributed by atoms with E-state index in [4.69, 9.17) is 18.9 Å². The van der Waals surface area contributed by atoms with Crippen LogP contribution in [0.25, 0.3) is 10.8 Å². The molecule has 1 saturated heterocycles. The monoisotopic (exact) mass is 409 g/mol. The van der Waals surface area contributed by atoms with Crippen LogP contribution >= 0.6 is 0 Å². The van der Waals surface area contributed by atoms with Crippen molar-refractivity contribution in [1.82, 2.24) is 10.3 Å². The smallest absolute Gasteiger partial charge is 0.203 e. The maximum absolute atomic E-state index is 6.18. The molecule has 158 valence electrons. The van der Waals surface area contributed by atoms with E-state index in [0.29, 0.717) is 17.2 Å². The average Bonchev–Trinajstić information content (AvgIpc) is 2.78. The number of rotatable bonds is 7. The lowest BCUT2D eigenvalue weighted by Gasteiger charge is -2.24. The summed E-state index contributed by atoms with van der Waals surface area (Å²) in [6.45, 7) is 2.01. The number of fused-ring (bicyclic) bond motifs is 1. The molecule has 2 N–H and O–H groups in total. The van der Waals surface area contributed by atoms with Crippen molar-refractivity contribution >= 4 is 22.3 Å². The second kappa shape index (κ2) is 9.09. The number of nitrogens with zero attached hydrogens (tertiary/aromatic N) is 1. The highest BCUT2D eigenvalue weighted by molar-refractivity contribution is 5.86. The van der Waals surface area contributed by atoms with Gasteiger partial charge in [0.15, 0.2) is 11.5 Å². The van der Waals surface area contributed by atoms with E-state index in [1.54, 1.807) is 21.3 Å². The quantitative estimate of drug-likeness (QED) is 0.608. The van der Waals surface area contributed by atoms with Crippen molar-refractivity contribution < 1.29 is 18.9 Å². The minimum absolute atomic E-state index is 0.266. The minimum Gasteiger partial charge on any atom is -0.493 e. The molecule has 0 amide bonds. The lowest BCUT2D eigenvalue weighted by Crippen LogP contribution is -2.34. The van der Waals surface area contributed by atoms with Gasteiger partial charge in [-0.2, -0.15) is 0 Å². The molecule has 0 saturated carbocycles. The van der Waals surface area contributed by atoms with Crippen LogP contribution in [0, 0.1) is 0 Å². The van der Waals surface area contributed by atoms with Gasteiger partial charge in [-0.3, -0.25) is 0 Å². The van der Waals surface area contributed by atoms with Gasteiger partial charge in [0.25, 0.3) is 0 Å². The van der Waals surface area contributed by atoms with Gasteiger partial charge in [0.05, 0.1) is 21.3 Å². The molecule has 2 aromatic carbocycles. The number of anilines is 2. The second-order valence-corrected chi connectivity index (χ2v) is 7.18. The molecule has 0 spiro atoms. The van der Waals surface area contributed by atoms with E-state index in [0.717, 1.165) is 54.0 Å². The van der Waals surface area contributed by atoms with E-state index in [2.05, 4.69) is 21.7 Å². The summed E-state index contributed by atoms with van der Waals surface area (Å²) in [5.41, 5.74) is 0.790. The van der Waals surface area contributed by atoms with Crippen LogP contribution in [-0.4, -0.2) is 45.5 Å². The largest absolute Gasteiger partial charge is 0.493 e. The molecule has 0 unspecified atom stereocenters. The first-order chi connectivity index (χ1) is 14.7. The number of nitrogens with one attached hydrogen (secondary N) is 2. The van der Waals surface area contributed by atoms with Gasteiger partial charge in [-0.05, 0) is 55.6 Å². The summed E-state index contributed by atoms with van der Waals surface area (Å²) in [5.74, 6) is 3.32. The highest BCUT2D eigenvalue weighted by atomic mass is 16.5. The Morgan fingerprint density at radius 1 is 0.900 bits per heavy atom.